The Morgan fingerprint density at radius 2 is 2.43 bits per heavy atom. The van der Waals surface area contributed by atoms with E-state index in [0.717, 1.165) is 25.1 Å². The first kappa shape index (κ1) is 14.1. The fourth-order valence-electron chi connectivity index (χ4n) is 2.63. The molecule has 0 radical (unpaired) electrons. The van der Waals surface area contributed by atoms with Crippen LogP contribution in [0.1, 0.15) is 19.3 Å². The van der Waals surface area contributed by atoms with Gasteiger partial charge in [-0.2, -0.15) is 0 Å². The summed E-state index contributed by atoms with van der Waals surface area (Å²) in [5.41, 5.74) is 1.44. The Morgan fingerprint density at radius 1 is 1.52 bits per heavy atom. The quantitative estimate of drug-likeness (QED) is 0.913. The highest BCUT2D eigenvalue weighted by Gasteiger charge is 2.19. The van der Waals surface area contributed by atoms with Crippen LogP contribution in [0.15, 0.2) is 36.9 Å². The van der Waals surface area contributed by atoms with Gasteiger partial charge in [-0.25, -0.2) is 4.98 Å². The molecule has 1 aliphatic heterocycles. The van der Waals surface area contributed by atoms with Crippen LogP contribution < -0.4 is 10.6 Å². The smallest absolute Gasteiger partial charge is 0.225 e. The Morgan fingerprint density at radius 3 is 3.14 bits per heavy atom. The Labute approximate surface area is 128 Å². The molecular formula is C15H17ClN4O. The van der Waals surface area contributed by atoms with Crippen molar-refractivity contribution < 1.29 is 4.79 Å². The van der Waals surface area contributed by atoms with E-state index in [4.69, 9.17) is 11.6 Å². The van der Waals surface area contributed by atoms with E-state index in [1.807, 2.05) is 12.1 Å². The summed E-state index contributed by atoms with van der Waals surface area (Å²) in [6, 6.07) is 5.75. The first-order chi connectivity index (χ1) is 10.2. The van der Waals surface area contributed by atoms with Crippen LogP contribution in [0.25, 0.3) is 5.69 Å². The van der Waals surface area contributed by atoms with Crippen molar-refractivity contribution >= 4 is 23.2 Å². The monoisotopic (exact) mass is 304 g/mol. The van der Waals surface area contributed by atoms with Gasteiger partial charge in [0.2, 0.25) is 5.91 Å². The number of rotatable bonds is 4. The Kier molecular flexibility index (Phi) is 4.22. The van der Waals surface area contributed by atoms with Gasteiger partial charge in [0.1, 0.15) is 0 Å². The van der Waals surface area contributed by atoms with Crippen molar-refractivity contribution in [1.29, 1.82) is 0 Å². The van der Waals surface area contributed by atoms with Gasteiger partial charge in [-0.1, -0.05) is 17.7 Å². The maximum Gasteiger partial charge on any atom is 0.225 e. The molecule has 2 N–H and O–H groups in total. The molecule has 0 aliphatic carbocycles. The average molecular weight is 305 g/mol. The number of anilines is 1. The number of nitrogens with one attached hydrogen (secondary N) is 2. The van der Waals surface area contributed by atoms with Gasteiger partial charge < -0.3 is 15.2 Å². The summed E-state index contributed by atoms with van der Waals surface area (Å²) < 4.78 is 1.80. The van der Waals surface area contributed by atoms with E-state index in [1.54, 1.807) is 29.4 Å². The second-order valence-corrected chi connectivity index (χ2v) is 5.56. The summed E-state index contributed by atoms with van der Waals surface area (Å²) in [5, 5.41) is 6.85. The molecule has 0 spiro atoms. The summed E-state index contributed by atoms with van der Waals surface area (Å²) in [4.78, 5) is 16.2. The molecule has 2 heterocycles. The van der Waals surface area contributed by atoms with Gasteiger partial charge in [-0.05, 0) is 31.5 Å². The van der Waals surface area contributed by atoms with Crippen LogP contribution in [0, 0.1) is 0 Å². The number of benzene rings is 1. The second-order valence-electron chi connectivity index (χ2n) is 5.15. The molecule has 1 atom stereocenters. The van der Waals surface area contributed by atoms with Gasteiger partial charge in [0.25, 0.3) is 0 Å². The lowest BCUT2D eigenvalue weighted by molar-refractivity contribution is -0.116. The second kappa shape index (κ2) is 6.28. The molecule has 2 aromatic rings. The summed E-state index contributed by atoms with van der Waals surface area (Å²) >= 11 is 6.26. The van der Waals surface area contributed by atoms with Crippen LogP contribution in [0.2, 0.25) is 5.02 Å². The number of para-hydroxylation sites is 1. The third kappa shape index (κ3) is 3.25. The molecule has 0 saturated carbocycles. The third-order valence-electron chi connectivity index (χ3n) is 3.62. The van der Waals surface area contributed by atoms with E-state index >= 15 is 0 Å². The van der Waals surface area contributed by atoms with E-state index in [2.05, 4.69) is 15.6 Å². The highest BCUT2D eigenvalue weighted by Crippen LogP contribution is 2.28. The van der Waals surface area contributed by atoms with Gasteiger partial charge in [0, 0.05) is 24.9 Å². The van der Waals surface area contributed by atoms with Crippen LogP contribution >= 0.6 is 11.6 Å². The molecule has 1 saturated heterocycles. The van der Waals surface area contributed by atoms with E-state index in [-0.39, 0.29) is 11.9 Å². The molecule has 110 valence electrons. The van der Waals surface area contributed by atoms with Crippen molar-refractivity contribution in [2.24, 2.45) is 0 Å². The number of amides is 1. The lowest BCUT2D eigenvalue weighted by Crippen LogP contribution is -2.27. The normalized spacial score (nSPS) is 17.9. The molecule has 3 rings (SSSR count). The van der Waals surface area contributed by atoms with Crippen LogP contribution in [-0.2, 0) is 4.79 Å². The predicted molar refractivity (Wildman–Crippen MR) is 82.8 cm³/mol. The number of hydrogen-bond donors (Lipinski definition) is 2. The number of carbonyl (C=O) groups is 1. The average Bonchev–Trinajstić information content (AvgIpc) is 3.11. The number of hydrogen-bond acceptors (Lipinski definition) is 3. The molecule has 1 unspecified atom stereocenters. The van der Waals surface area contributed by atoms with E-state index in [0.29, 0.717) is 17.1 Å². The molecule has 5 nitrogen and oxygen atoms in total. The van der Waals surface area contributed by atoms with E-state index in [1.165, 1.54) is 0 Å². The Hall–Kier alpha value is -1.85. The Balaban J connectivity index is 1.79. The summed E-state index contributed by atoms with van der Waals surface area (Å²) in [6.07, 6.45) is 7.81. The minimum atomic E-state index is -0.00182. The molecule has 1 aliphatic rings. The van der Waals surface area contributed by atoms with Gasteiger partial charge in [0.15, 0.2) is 0 Å². The minimum absolute atomic E-state index is 0.00182. The molecule has 1 fully saturated rings. The van der Waals surface area contributed by atoms with Gasteiger partial charge >= 0.3 is 0 Å². The topological polar surface area (TPSA) is 59.0 Å². The van der Waals surface area contributed by atoms with Crippen molar-refractivity contribution in [2.45, 2.75) is 25.3 Å². The van der Waals surface area contributed by atoms with Gasteiger partial charge in [-0.15, -0.1) is 0 Å². The maximum absolute atomic E-state index is 12.2. The predicted octanol–water partition coefficient (Wildman–Crippen LogP) is 2.61. The maximum atomic E-state index is 12.2. The van der Waals surface area contributed by atoms with Crippen LogP contribution in [0.4, 0.5) is 5.69 Å². The van der Waals surface area contributed by atoms with Crippen LogP contribution in [0.3, 0.4) is 0 Å². The van der Waals surface area contributed by atoms with Crippen molar-refractivity contribution in [3.63, 3.8) is 0 Å². The first-order valence-corrected chi connectivity index (χ1v) is 7.42. The van der Waals surface area contributed by atoms with Crippen molar-refractivity contribution in [3.05, 3.63) is 41.9 Å². The number of carbonyl (C=O) groups excluding carboxylic acids is 1. The third-order valence-corrected chi connectivity index (χ3v) is 3.92. The minimum Gasteiger partial charge on any atom is -0.324 e. The number of nitrogens with zero attached hydrogens (tertiary/aromatic N) is 2. The largest absolute Gasteiger partial charge is 0.324 e. The van der Waals surface area contributed by atoms with Gasteiger partial charge in [-0.3, -0.25) is 4.79 Å². The Bertz CT molecular complexity index is 621. The fourth-order valence-corrected chi connectivity index (χ4v) is 2.90. The first-order valence-electron chi connectivity index (χ1n) is 7.04. The van der Waals surface area contributed by atoms with Crippen molar-refractivity contribution in [3.8, 4) is 5.69 Å². The van der Waals surface area contributed by atoms with E-state index < -0.39 is 0 Å². The lowest BCUT2D eigenvalue weighted by Gasteiger charge is -2.15. The van der Waals surface area contributed by atoms with Crippen molar-refractivity contribution in [2.75, 3.05) is 11.9 Å². The zero-order chi connectivity index (χ0) is 14.7. The number of aromatic nitrogens is 2. The molecular weight excluding hydrogens is 288 g/mol. The van der Waals surface area contributed by atoms with Crippen LogP contribution in [-0.4, -0.2) is 28.0 Å². The molecule has 21 heavy (non-hydrogen) atoms. The van der Waals surface area contributed by atoms with Crippen molar-refractivity contribution in [1.82, 2.24) is 14.9 Å². The van der Waals surface area contributed by atoms with E-state index in [9.17, 15) is 4.79 Å². The van der Waals surface area contributed by atoms with Crippen LogP contribution in [0.5, 0.6) is 0 Å². The van der Waals surface area contributed by atoms with Gasteiger partial charge in [0.05, 0.1) is 22.7 Å². The molecule has 1 amide bonds. The molecule has 6 heteroatoms. The number of halogens is 1. The molecule has 0 bridgehead atoms. The molecule has 1 aromatic carbocycles. The lowest BCUT2D eigenvalue weighted by atomic mass is 10.1. The standard InChI is InChI=1S/C15H17ClN4O/c16-12-4-1-5-13(15(12)20-8-7-17-10-20)19-14(21)9-11-3-2-6-18-11/h1,4-5,7-8,10-11,18H,2-3,6,9H2,(H,19,21). The summed E-state index contributed by atoms with van der Waals surface area (Å²) in [7, 11) is 0. The zero-order valence-corrected chi connectivity index (χ0v) is 12.3. The highest BCUT2D eigenvalue weighted by atomic mass is 35.5. The highest BCUT2D eigenvalue weighted by molar-refractivity contribution is 6.33. The SMILES string of the molecule is O=C(CC1CCCN1)Nc1cccc(Cl)c1-n1ccnc1. The number of imidazole rings is 1. The summed E-state index contributed by atoms with van der Waals surface area (Å²) in [6.45, 7) is 0.995. The molecule has 1 aromatic heterocycles. The zero-order valence-electron chi connectivity index (χ0n) is 11.6. The summed E-state index contributed by atoms with van der Waals surface area (Å²) in [5.74, 6) is -0.00182. The fraction of sp³-hybridized carbons (Fsp3) is 0.333.